The first-order chi connectivity index (χ1) is 9.13. The molecule has 2 amide bonds. The Morgan fingerprint density at radius 1 is 1.32 bits per heavy atom. The van der Waals surface area contributed by atoms with Crippen LogP contribution in [0.25, 0.3) is 0 Å². The molecular formula is C14H23N3O2. The van der Waals surface area contributed by atoms with Gasteiger partial charge in [0.05, 0.1) is 6.61 Å². The second kappa shape index (κ2) is 8.50. The SMILES string of the molecule is CC(CNC(=O)NCCO)N(C)Cc1ccccc1. The van der Waals surface area contributed by atoms with E-state index in [2.05, 4.69) is 34.6 Å². The third-order valence-electron chi connectivity index (χ3n) is 2.98. The average molecular weight is 265 g/mol. The van der Waals surface area contributed by atoms with E-state index < -0.39 is 0 Å². The van der Waals surface area contributed by atoms with Gasteiger partial charge in [-0.1, -0.05) is 30.3 Å². The summed E-state index contributed by atoms with van der Waals surface area (Å²) >= 11 is 0. The number of nitrogens with zero attached hydrogens (tertiary/aromatic N) is 1. The van der Waals surface area contributed by atoms with Crippen LogP contribution in [0.5, 0.6) is 0 Å². The van der Waals surface area contributed by atoms with Gasteiger partial charge in [-0.15, -0.1) is 0 Å². The molecule has 0 aliphatic carbocycles. The van der Waals surface area contributed by atoms with Crippen molar-refractivity contribution in [1.82, 2.24) is 15.5 Å². The molecule has 0 radical (unpaired) electrons. The Bertz CT molecular complexity index is 370. The van der Waals surface area contributed by atoms with Crippen molar-refractivity contribution in [1.29, 1.82) is 0 Å². The molecular weight excluding hydrogens is 242 g/mol. The molecule has 5 nitrogen and oxygen atoms in total. The summed E-state index contributed by atoms with van der Waals surface area (Å²) in [6, 6.07) is 10.2. The zero-order valence-corrected chi connectivity index (χ0v) is 11.6. The maximum atomic E-state index is 11.3. The van der Waals surface area contributed by atoms with Crippen LogP contribution in [0, 0.1) is 0 Å². The largest absolute Gasteiger partial charge is 0.395 e. The predicted molar refractivity (Wildman–Crippen MR) is 75.9 cm³/mol. The number of nitrogens with one attached hydrogen (secondary N) is 2. The van der Waals surface area contributed by atoms with Gasteiger partial charge >= 0.3 is 6.03 Å². The first-order valence-corrected chi connectivity index (χ1v) is 6.50. The Balaban J connectivity index is 2.28. The summed E-state index contributed by atoms with van der Waals surface area (Å²) in [5, 5.41) is 13.9. The second-order valence-electron chi connectivity index (χ2n) is 4.61. The van der Waals surface area contributed by atoms with Crippen LogP contribution in [-0.4, -0.2) is 48.8 Å². The van der Waals surface area contributed by atoms with Crippen molar-refractivity contribution in [2.24, 2.45) is 0 Å². The van der Waals surface area contributed by atoms with Gasteiger partial charge in [0.1, 0.15) is 0 Å². The lowest BCUT2D eigenvalue weighted by Crippen LogP contribution is -2.44. The number of carbonyl (C=O) groups excluding carboxylic acids is 1. The molecule has 0 bridgehead atoms. The van der Waals surface area contributed by atoms with E-state index in [1.165, 1.54) is 5.56 Å². The van der Waals surface area contributed by atoms with Crippen molar-refractivity contribution in [2.75, 3.05) is 26.7 Å². The first-order valence-electron chi connectivity index (χ1n) is 6.50. The van der Waals surface area contributed by atoms with Crippen LogP contribution in [-0.2, 0) is 6.54 Å². The maximum Gasteiger partial charge on any atom is 0.314 e. The Hall–Kier alpha value is -1.59. The minimum absolute atomic E-state index is 0.0448. The highest BCUT2D eigenvalue weighted by atomic mass is 16.3. The molecule has 0 aromatic heterocycles. The van der Waals surface area contributed by atoms with Gasteiger partial charge < -0.3 is 15.7 Å². The fourth-order valence-electron chi connectivity index (χ4n) is 1.66. The van der Waals surface area contributed by atoms with Crippen molar-refractivity contribution in [3.8, 4) is 0 Å². The van der Waals surface area contributed by atoms with Crippen molar-refractivity contribution < 1.29 is 9.90 Å². The van der Waals surface area contributed by atoms with Crippen LogP contribution in [0.4, 0.5) is 4.79 Å². The van der Waals surface area contributed by atoms with E-state index in [0.717, 1.165) is 6.54 Å². The number of amides is 2. The topological polar surface area (TPSA) is 64.6 Å². The van der Waals surface area contributed by atoms with E-state index in [9.17, 15) is 4.79 Å². The first kappa shape index (κ1) is 15.5. The summed E-state index contributed by atoms with van der Waals surface area (Å²) in [6.07, 6.45) is 0. The molecule has 1 aromatic rings. The molecule has 0 aliphatic heterocycles. The fraction of sp³-hybridized carbons (Fsp3) is 0.500. The third-order valence-corrected chi connectivity index (χ3v) is 2.98. The highest BCUT2D eigenvalue weighted by molar-refractivity contribution is 5.73. The minimum atomic E-state index is -0.242. The lowest BCUT2D eigenvalue weighted by molar-refractivity contribution is 0.219. The quantitative estimate of drug-likeness (QED) is 0.683. The number of hydrogen-bond donors (Lipinski definition) is 3. The summed E-state index contributed by atoms with van der Waals surface area (Å²) in [7, 11) is 2.03. The van der Waals surface area contributed by atoms with E-state index >= 15 is 0 Å². The van der Waals surface area contributed by atoms with E-state index in [1.807, 2.05) is 25.2 Å². The summed E-state index contributed by atoms with van der Waals surface area (Å²) < 4.78 is 0. The van der Waals surface area contributed by atoms with Crippen LogP contribution in [0.15, 0.2) is 30.3 Å². The number of rotatable bonds is 7. The maximum absolute atomic E-state index is 11.3. The lowest BCUT2D eigenvalue weighted by Gasteiger charge is -2.25. The summed E-state index contributed by atoms with van der Waals surface area (Å²) in [4.78, 5) is 13.5. The molecule has 1 atom stereocenters. The predicted octanol–water partition coefficient (Wildman–Crippen LogP) is 0.798. The number of hydrogen-bond acceptors (Lipinski definition) is 3. The number of urea groups is 1. The minimum Gasteiger partial charge on any atom is -0.395 e. The van der Waals surface area contributed by atoms with Gasteiger partial charge in [-0.3, -0.25) is 4.90 Å². The zero-order valence-electron chi connectivity index (χ0n) is 11.6. The number of aliphatic hydroxyl groups excluding tert-OH is 1. The lowest BCUT2D eigenvalue weighted by atomic mass is 10.2. The monoisotopic (exact) mass is 265 g/mol. The standard InChI is InChI=1S/C14H23N3O2/c1-12(10-16-14(19)15-8-9-18)17(2)11-13-6-4-3-5-7-13/h3-7,12,18H,8-11H2,1-2H3,(H2,15,16,19). The number of aliphatic hydroxyl groups is 1. The van der Waals surface area contributed by atoms with Gasteiger partial charge in [-0.2, -0.15) is 0 Å². The van der Waals surface area contributed by atoms with Crippen LogP contribution < -0.4 is 10.6 Å². The van der Waals surface area contributed by atoms with E-state index in [0.29, 0.717) is 6.54 Å². The van der Waals surface area contributed by atoms with Crippen LogP contribution in [0.1, 0.15) is 12.5 Å². The van der Waals surface area contributed by atoms with Crippen molar-refractivity contribution in [3.63, 3.8) is 0 Å². The smallest absolute Gasteiger partial charge is 0.314 e. The highest BCUT2D eigenvalue weighted by Gasteiger charge is 2.10. The molecule has 19 heavy (non-hydrogen) atoms. The number of carbonyl (C=O) groups is 1. The molecule has 0 saturated heterocycles. The molecule has 3 N–H and O–H groups in total. The molecule has 1 unspecified atom stereocenters. The molecule has 0 spiro atoms. The van der Waals surface area contributed by atoms with Crippen LogP contribution in [0.3, 0.4) is 0 Å². The zero-order chi connectivity index (χ0) is 14.1. The second-order valence-corrected chi connectivity index (χ2v) is 4.61. The number of likely N-dealkylation sites (N-methyl/N-ethyl adjacent to an activating group) is 1. The van der Waals surface area contributed by atoms with E-state index in [-0.39, 0.29) is 25.2 Å². The summed E-state index contributed by atoms with van der Waals surface area (Å²) in [5.74, 6) is 0. The normalized spacial score (nSPS) is 12.2. The van der Waals surface area contributed by atoms with Gasteiger partial charge in [0.25, 0.3) is 0 Å². The Labute approximate surface area is 114 Å². The molecule has 0 heterocycles. The molecule has 1 rings (SSSR count). The molecule has 1 aromatic carbocycles. The van der Waals surface area contributed by atoms with Crippen molar-refractivity contribution in [2.45, 2.75) is 19.5 Å². The van der Waals surface area contributed by atoms with Crippen LogP contribution >= 0.6 is 0 Å². The molecule has 0 fully saturated rings. The average Bonchev–Trinajstić information content (AvgIpc) is 2.43. The number of benzene rings is 1. The van der Waals surface area contributed by atoms with Crippen LogP contribution in [0.2, 0.25) is 0 Å². The van der Waals surface area contributed by atoms with E-state index in [4.69, 9.17) is 5.11 Å². The molecule has 0 aliphatic rings. The van der Waals surface area contributed by atoms with Gasteiger partial charge in [0.15, 0.2) is 0 Å². The van der Waals surface area contributed by atoms with E-state index in [1.54, 1.807) is 0 Å². The Kier molecular flexibility index (Phi) is 6.92. The highest BCUT2D eigenvalue weighted by Crippen LogP contribution is 2.05. The summed E-state index contributed by atoms with van der Waals surface area (Å²) in [5.41, 5.74) is 1.25. The Morgan fingerprint density at radius 2 is 2.00 bits per heavy atom. The molecule has 5 heteroatoms. The molecule has 106 valence electrons. The van der Waals surface area contributed by atoms with Gasteiger partial charge in [0, 0.05) is 25.7 Å². The van der Waals surface area contributed by atoms with Gasteiger partial charge in [-0.05, 0) is 19.5 Å². The Morgan fingerprint density at radius 3 is 2.63 bits per heavy atom. The van der Waals surface area contributed by atoms with Crippen molar-refractivity contribution in [3.05, 3.63) is 35.9 Å². The molecule has 0 saturated carbocycles. The van der Waals surface area contributed by atoms with Gasteiger partial charge in [-0.25, -0.2) is 4.79 Å². The van der Waals surface area contributed by atoms with Gasteiger partial charge in [0.2, 0.25) is 0 Å². The fourth-order valence-corrected chi connectivity index (χ4v) is 1.66. The summed E-state index contributed by atoms with van der Waals surface area (Å²) in [6.45, 7) is 3.72. The van der Waals surface area contributed by atoms with Crippen molar-refractivity contribution >= 4 is 6.03 Å². The third kappa shape index (κ3) is 6.22.